The van der Waals surface area contributed by atoms with Crippen LogP contribution in [0.2, 0.25) is 0 Å². The Balaban J connectivity index is 2.15. The number of likely N-dealkylation sites (tertiary alicyclic amines) is 1. The van der Waals surface area contributed by atoms with Crippen molar-refractivity contribution in [2.45, 2.75) is 45.3 Å². The largest absolute Gasteiger partial charge is 0.481 e. The summed E-state index contributed by atoms with van der Waals surface area (Å²) in [5.74, 6) is -1.16. The van der Waals surface area contributed by atoms with Crippen LogP contribution in [0.15, 0.2) is 30.3 Å². The standard InChI is InChI=1S/C19H28N2O4/c1-18(2,3)20-16(23)12-21-10-9-15(22)19(13-21,17(24)25)11-14-7-5-4-6-8-14/h4-8,15,22H,9-13H2,1-3H3,(H,20,23)(H,24,25)/t15-,19-/m0/s1. The van der Waals surface area contributed by atoms with Gasteiger partial charge >= 0.3 is 5.97 Å². The number of amides is 1. The number of carboxylic acids is 1. The number of hydrogen-bond donors (Lipinski definition) is 3. The molecule has 0 aliphatic carbocycles. The van der Waals surface area contributed by atoms with Gasteiger partial charge in [0.05, 0.1) is 12.6 Å². The number of rotatable bonds is 5. The molecular formula is C19H28N2O4. The first-order chi connectivity index (χ1) is 11.6. The van der Waals surface area contributed by atoms with Gasteiger partial charge in [-0.05, 0) is 39.2 Å². The van der Waals surface area contributed by atoms with E-state index in [1.807, 2.05) is 56.0 Å². The van der Waals surface area contributed by atoms with Crippen LogP contribution in [0.4, 0.5) is 0 Å². The van der Waals surface area contributed by atoms with E-state index in [-0.39, 0.29) is 31.0 Å². The summed E-state index contributed by atoms with van der Waals surface area (Å²) >= 11 is 0. The van der Waals surface area contributed by atoms with Crippen LogP contribution in [0.1, 0.15) is 32.8 Å². The molecule has 6 nitrogen and oxygen atoms in total. The zero-order valence-electron chi connectivity index (χ0n) is 15.2. The smallest absolute Gasteiger partial charge is 0.313 e. The molecule has 0 radical (unpaired) electrons. The lowest BCUT2D eigenvalue weighted by Gasteiger charge is -2.43. The highest BCUT2D eigenvalue weighted by atomic mass is 16.4. The van der Waals surface area contributed by atoms with E-state index in [1.165, 1.54) is 0 Å². The number of carbonyl (C=O) groups excluding carboxylic acids is 1. The number of nitrogens with one attached hydrogen (secondary N) is 1. The average molecular weight is 348 g/mol. The number of nitrogens with zero attached hydrogens (tertiary/aromatic N) is 1. The molecule has 1 fully saturated rings. The summed E-state index contributed by atoms with van der Waals surface area (Å²) in [6.45, 7) is 6.50. The molecule has 25 heavy (non-hydrogen) atoms. The monoisotopic (exact) mass is 348 g/mol. The third kappa shape index (κ3) is 5.03. The second-order valence-electron chi connectivity index (χ2n) is 7.94. The predicted octanol–water partition coefficient (Wildman–Crippen LogP) is 1.28. The zero-order chi connectivity index (χ0) is 18.7. The molecule has 1 aromatic rings. The van der Waals surface area contributed by atoms with Gasteiger partial charge in [0.15, 0.2) is 0 Å². The molecule has 1 heterocycles. The Morgan fingerprint density at radius 3 is 2.48 bits per heavy atom. The molecule has 0 unspecified atom stereocenters. The summed E-state index contributed by atoms with van der Waals surface area (Å²) < 4.78 is 0. The maximum Gasteiger partial charge on any atom is 0.313 e. The third-order valence-corrected chi connectivity index (χ3v) is 4.53. The molecule has 2 atom stereocenters. The summed E-state index contributed by atoms with van der Waals surface area (Å²) in [6.07, 6.45) is -0.365. The highest BCUT2D eigenvalue weighted by Gasteiger charge is 2.49. The lowest BCUT2D eigenvalue weighted by molar-refractivity contribution is -0.164. The van der Waals surface area contributed by atoms with Gasteiger partial charge in [-0.25, -0.2) is 0 Å². The van der Waals surface area contributed by atoms with Crippen molar-refractivity contribution in [2.75, 3.05) is 19.6 Å². The van der Waals surface area contributed by atoms with E-state index in [9.17, 15) is 19.8 Å². The lowest BCUT2D eigenvalue weighted by atomic mass is 9.73. The normalized spacial score (nSPS) is 24.7. The van der Waals surface area contributed by atoms with Crippen LogP contribution in [-0.2, 0) is 16.0 Å². The minimum atomic E-state index is -1.30. The summed E-state index contributed by atoms with van der Waals surface area (Å²) in [4.78, 5) is 26.1. The SMILES string of the molecule is CC(C)(C)NC(=O)CN1CC[C@H](O)[C@@](Cc2ccccc2)(C(=O)O)C1. The van der Waals surface area contributed by atoms with Crippen LogP contribution in [0.3, 0.4) is 0 Å². The second-order valence-corrected chi connectivity index (χ2v) is 7.94. The number of aliphatic hydroxyl groups is 1. The van der Waals surface area contributed by atoms with Crippen LogP contribution >= 0.6 is 0 Å². The summed E-state index contributed by atoms with van der Waals surface area (Å²) in [5, 5.41) is 23.2. The molecule has 138 valence electrons. The van der Waals surface area contributed by atoms with E-state index < -0.39 is 17.5 Å². The van der Waals surface area contributed by atoms with E-state index in [0.29, 0.717) is 13.0 Å². The molecule has 0 bridgehead atoms. The molecular weight excluding hydrogens is 320 g/mol. The Kier molecular flexibility index (Phi) is 5.85. The highest BCUT2D eigenvalue weighted by molar-refractivity contribution is 5.79. The Bertz CT molecular complexity index is 612. The van der Waals surface area contributed by atoms with Crippen molar-refractivity contribution >= 4 is 11.9 Å². The van der Waals surface area contributed by atoms with E-state index >= 15 is 0 Å². The number of piperidine rings is 1. The third-order valence-electron chi connectivity index (χ3n) is 4.53. The summed E-state index contributed by atoms with van der Waals surface area (Å²) in [5.41, 5.74) is -0.771. The maximum atomic E-state index is 12.2. The van der Waals surface area contributed by atoms with Crippen LogP contribution in [0.5, 0.6) is 0 Å². The highest BCUT2D eigenvalue weighted by Crippen LogP contribution is 2.34. The van der Waals surface area contributed by atoms with Crippen molar-refractivity contribution in [2.24, 2.45) is 5.41 Å². The fourth-order valence-corrected chi connectivity index (χ4v) is 3.38. The molecule has 1 saturated heterocycles. The van der Waals surface area contributed by atoms with Crippen molar-refractivity contribution in [1.29, 1.82) is 0 Å². The number of aliphatic hydroxyl groups excluding tert-OH is 1. The van der Waals surface area contributed by atoms with Crippen molar-refractivity contribution in [3.8, 4) is 0 Å². The predicted molar refractivity (Wildman–Crippen MR) is 95.2 cm³/mol. The van der Waals surface area contributed by atoms with E-state index in [2.05, 4.69) is 5.32 Å². The molecule has 1 amide bonds. The number of carboxylic acid groups (broad SMARTS) is 1. The van der Waals surface area contributed by atoms with Crippen molar-refractivity contribution < 1.29 is 19.8 Å². The Hall–Kier alpha value is -1.92. The minimum absolute atomic E-state index is 0.133. The van der Waals surface area contributed by atoms with Crippen LogP contribution in [0.25, 0.3) is 0 Å². The molecule has 1 aromatic carbocycles. The molecule has 6 heteroatoms. The van der Waals surface area contributed by atoms with E-state index in [1.54, 1.807) is 0 Å². The first kappa shape index (κ1) is 19.4. The average Bonchev–Trinajstić information content (AvgIpc) is 2.49. The second kappa shape index (κ2) is 7.54. The zero-order valence-corrected chi connectivity index (χ0v) is 15.2. The first-order valence-corrected chi connectivity index (χ1v) is 8.61. The van der Waals surface area contributed by atoms with Gasteiger partial charge in [0.2, 0.25) is 5.91 Å². The number of hydrogen-bond acceptors (Lipinski definition) is 4. The summed E-state index contributed by atoms with van der Waals surface area (Å²) in [7, 11) is 0. The minimum Gasteiger partial charge on any atom is -0.481 e. The lowest BCUT2D eigenvalue weighted by Crippen LogP contribution is -2.59. The molecule has 1 aliphatic heterocycles. The first-order valence-electron chi connectivity index (χ1n) is 8.61. The Morgan fingerprint density at radius 1 is 1.28 bits per heavy atom. The number of benzene rings is 1. The van der Waals surface area contributed by atoms with E-state index in [0.717, 1.165) is 5.56 Å². The van der Waals surface area contributed by atoms with E-state index in [4.69, 9.17) is 0 Å². The summed E-state index contributed by atoms with van der Waals surface area (Å²) in [6, 6.07) is 9.31. The van der Waals surface area contributed by atoms with Gasteiger partial charge in [-0.3, -0.25) is 14.5 Å². The van der Waals surface area contributed by atoms with Crippen LogP contribution < -0.4 is 5.32 Å². The molecule has 1 aliphatic rings. The van der Waals surface area contributed by atoms with Gasteiger partial charge < -0.3 is 15.5 Å². The van der Waals surface area contributed by atoms with Gasteiger partial charge in [-0.2, -0.15) is 0 Å². The molecule has 0 saturated carbocycles. The number of aliphatic carboxylic acids is 1. The van der Waals surface area contributed by atoms with Crippen molar-refractivity contribution in [3.05, 3.63) is 35.9 Å². The quantitative estimate of drug-likeness (QED) is 0.746. The van der Waals surface area contributed by atoms with Gasteiger partial charge in [-0.15, -0.1) is 0 Å². The molecule has 2 rings (SSSR count). The fourth-order valence-electron chi connectivity index (χ4n) is 3.38. The molecule has 0 spiro atoms. The fraction of sp³-hybridized carbons (Fsp3) is 0.579. The van der Waals surface area contributed by atoms with Gasteiger partial charge in [-0.1, -0.05) is 30.3 Å². The van der Waals surface area contributed by atoms with Crippen molar-refractivity contribution in [3.63, 3.8) is 0 Å². The molecule has 3 N–H and O–H groups in total. The molecule has 0 aromatic heterocycles. The maximum absolute atomic E-state index is 12.2. The Labute approximate surface area is 148 Å². The Morgan fingerprint density at radius 2 is 1.92 bits per heavy atom. The van der Waals surface area contributed by atoms with Crippen LogP contribution in [0, 0.1) is 5.41 Å². The van der Waals surface area contributed by atoms with Gasteiger partial charge in [0, 0.05) is 18.6 Å². The number of carbonyl (C=O) groups is 2. The van der Waals surface area contributed by atoms with Gasteiger partial charge in [0.1, 0.15) is 5.41 Å². The van der Waals surface area contributed by atoms with Gasteiger partial charge in [0.25, 0.3) is 0 Å². The topological polar surface area (TPSA) is 89.9 Å². The van der Waals surface area contributed by atoms with Crippen molar-refractivity contribution in [1.82, 2.24) is 10.2 Å². The van der Waals surface area contributed by atoms with Crippen LogP contribution in [-0.4, -0.2) is 58.3 Å².